The van der Waals surface area contributed by atoms with Gasteiger partial charge in [0.25, 0.3) is 0 Å². The monoisotopic (exact) mass is 310 g/mol. The third-order valence-corrected chi connectivity index (χ3v) is 2.67. The van der Waals surface area contributed by atoms with Crippen molar-refractivity contribution < 1.29 is 13.9 Å². The molecule has 1 heterocycles. The summed E-state index contributed by atoms with van der Waals surface area (Å²) in [6, 6.07) is -0.440. The van der Waals surface area contributed by atoms with Gasteiger partial charge in [-0.05, 0) is 6.20 Å². The summed E-state index contributed by atoms with van der Waals surface area (Å²) in [6.07, 6.45) is 5.02. The molecule has 9 nitrogen and oxygen atoms in total. The van der Waals surface area contributed by atoms with Crippen LogP contribution in [-0.4, -0.2) is 26.0 Å². The Morgan fingerprint density at radius 1 is 1.55 bits per heavy atom. The molecule has 0 aromatic carbocycles. The highest BCUT2D eigenvalue weighted by Gasteiger charge is 2.15. The van der Waals surface area contributed by atoms with E-state index in [4.69, 9.17) is 14.9 Å². The number of carbonyl (C=O) groups is 1. The van der Waals surface area contributed by atoms with E-state index in [1.165, 1.54) is 12.5 Å². The van der Waals surface area contributed by atoms with Crippen LogP contribution >= 0.6 is 0 Å². The second-order valence-corrected chi connectivity index (χ2v) is 4.07. The van der Waals surface area contributed by atoms with Crippen molar-refractivity contribution in [3.63, 3.8) is 0 Å². The van der Waals surface area contributed by atoms with E-state index in [9.17, 15) is 4.79 Å². The first-order valence-electron chi connectivity index (χ1n) is 6.72. The van der Waals surface area contributed by atoms with Crippen molar-refractivity contribution in [2.24, 2.45) is 10.7 Å². The number of nitrogens with zero attached hydrogens (tertiary/aromatic N) is 1. The first-order valence-corrected chi connectivity index (χ1v) is 6.72. The molecule has 1 aromatic rings. The maximum absolute atomic E-state index is 11.7. The van der Waals surface area contributed by atoms with Crippen molar-refractivity contribution in [3.05, 3.63) is 29.9 Å². The predicted molar refractivity (Wildman–Crippen MR) is 83.9 cm³/mol. The molecule has 2 amide bonds. The van der Waals surface area contributed by atoms with Crippen molar-refractivity contribution >= 4 is 17.6 Å². The van der Waals surface area contributed by atoms with Gasteiger partial charge in [-0.25, -0.2) is 10.2 Å². The Labute approximate surface area is 128 Å². The van der Waals surface area contributed by atoms with Crippen molar-refractivity contribution in [1.82, 2.24) is 16.4 Å². The SMILES string of the molecule is CCc1occ(NC(=O)NNNC)c1COC(/C=C\N)=N/C. The second kappa shape index (κ2) is 9.42. The molecular formula is C13H22N6O3. The Balaban J connectivity index is 2.79. The standard InChI is InChI=1S/C13H22N6O3/c1-4-11-9(7-22-12(15-2)5-6-14)10(8-21-11)17-13(20)18-19-16-3/h5-6,8,16,19H,4,7,14H2,1-3H3,(H2,17,18,20)/b6-5-,15-12+. The zero-order chi connectivity index (χ0) is 16.4. The summed E-state index contributed by atoms with van der Waals surface area (Å²) >= 11 is 0. The fourth-order valence-corrected chi connectivity index (χ4v) is 1.67. The fourth-order valence-electron chi connectivity index (χ4n) is 1.67. The van der Waals surface area contributed by atoms with E-state index < -0.39 is 6.03 Å². The van der Waals surface area contributed by atoms with Gasteiger partial charge in [0.2, 0.25) is 5.90 Å². The van der Waals surface area contributed by atoms with Gasteiger partial charge in [0, 0.05) is 26.6 Å². The lowest BCUT2D eigenvalue weighted by Gasteiger charge is -2.10. The lowest BCUT2D eigenvalue weighted by Crippen LogP contribution is -2.46. The molecular weight excluding hydrogens is 288 g/mol. The number of aryl methyl sites for hydroxylation is 1. The van der Waals surface area contributed by atoms with Crippen molar-refractivity contribution in [2.75, 3.05) is 19.4 Å². The average molecular weight is 310 g/mol. The van der Waals surface area contributed by atoms with Gasteiger partial charge >= 0.3 is 6.03 Å². The highest BCUT2D eigenvalue weighted by Crippen LogP contribution is 2.24. The number of ether oxygens (including phenoxy) is 1. The van der Waals surface area contributed by atoms with Gasteiger partial charge in [0.15, 0.2) is 0 Å². The number of aliphatic imine (C=N–C) groups is 1. The smallest absolute Gasteiger partial charge is 0.334 e. The zero-order valence-corrected chi connectivity index (χ0v) is 12.9. The van der Waals surface area contributed by atoms with Gasteiger partial charge in [-0.2, -0.15) is 5.53 Å². The molecule has 0 atom stereocenters. The maximum atomic E-state index is 11.7. The quantitative estimate of drug-likeness (QED) is 0.285. The minimum atomic E-state index is -0.440. The average Bonchev–Trinajstić information content (AvgIpc) is 2.91. The van der Waals surface area contributed by atoms with Gasteiger partial charge in [-0.15, -0.1) is 0 Å². The Bertz CT molecular complexity index is 538. The first-order chi connectivity index (χ1) is 10.7. The molecule has 0 unspecified atom stereocenters. The number of hydrogen-bond acceptors (Lipinski definition) is 7. The van der Waals surface area contributed by atoms with E-state index in [1.54, 1.807) is 20.2 Å². The van der Waals surface area contributed by atoms with Crippen LogP contribution in [0, 0.1) is 0 Å². The van der Waals surface area contributed by atoms with Crippen LogP contribution < -0.4 is 27.4 Å². The number of hydrogen-bond donors (Lipinski definition) is 5. The molecule has 0 aliphatic rings. The highest BCUT2D eigenvalue weighted by atomic mass is 16.5. The molecule has 9 heteroatoms. The van der Waals surface area contributed by atoms with Gasteiger partial charge < -0.3 is 20.2 Å². The number of furan rings is 1. The van der Waals surface area contributed by atoms with Crippen molar-refractivity contribution in [2.45, 2.75) is 20.0 Å². The molecule has 122 valence electrons. The van der Waals surface area contributed by atoms with Crippen LogP contribution in [0.4, 0.5) is 10.5 Å². The molecule has 1 aromatic heterocycles. The number of rotatable bonds is 7. The van der Waals surface area contributed by atoms with Crippen LogP contribution in [0.3, 0.4) is 0 Å². The normalized spacial score (nSPS) is 11.7. The van der Waals surface area contributed by atoms with E-state index in [-0.39, 0.29) is 6.61 Å². The zero-order valence-electron chi connectivity index (χ0n) is 12.9. The first kappa shape index (κ1) is 17.5. The van der Waals surface area contributed by atoms with Gasteiger partial charge in [0.05, 0.1) is 11.3 Å². The molecule has 6 N–H and O–H groups in total. The van der Waals surface area contributed by atoms with Crippen LogP contribution in [0.25, 0.3) is 0 Å². The lowest BCUT2D eigenvalue weighted by molar-refractivity contribution is 0.246. The summed E-state index contributed by atoms with van der Waals surface area (Å²) in [4.78, 5) is 15.6. The van der Waals surface area contributed by atoms with Crippen LogP contribution in [0.5, 0.6) is 0 Å². The van der Waals surface area contributed by atoms with Gasteiger partial charge in [0.1, 0.15) is 18.6 Å². The van der Waals surface area contributed by atoms with E-state index in [0.717, 1.165) is 11.3 Å². The Morgan fingerprint density at radius 3 is 2.91 bits per heavy atom. The van der Waals surface area contributed by atoms with Crippen LogP contribution in [0.15, 0.2) is 27.9 Å². The van der Waals surface area contributed by atoms with Crippen LogP contribution in [0.1, 0.15) is 18.2 Å². The van der Waals surface area contributed by atoms with Gasteiger partial charge in [-0.3, -0.25) is 10.4 Å². The molecule has 0 aliphatic heterocycles. The molecule has 22 heavy (non-hydrogen) atoms. The van der Waals surface area contributed by atoms with Crippen LogP contribution in [0.2, 0.25) is 0 Å². The number of hydrazine groups is 2. The largest absolute Gasteiger partial charge is 0.473 e. The number of amides is 2. The van der Waals surface area contributed by atoms with E-state index in [0.29, 0.717) is 18.0 Å². The maximum Gasteiger partial charge on any atom is 0.334 e. The summed E-state index contributed by atoms with van der Waals surface area (Å²) in [5, 5.41) is 2.66. The molecule has 1 rings (SSSR count). The summed E-state index contributed by atoms with van der Waals surface area (Å²) in [6.45, 7) is 2.15. The minimum Gasteiger partial charge on any atom is -0.473 e. The van der Waals surface area contributed by atoms with Crippen molar-refractivity contribution in [3.8, 4) is 0 Å². The third kappa shape index (κ3) is 5.11. The highest BCUT2D eigenvalue weighted by molar-refractivity contribution is 5.90. The summed E-state index contributed by atoms with van der Waals surface area (Å²) in [7, 11) is 3.23. The minimum absolute atomic E-state index is 0.200. The summed E-state index contributed by atoms with van der Waals surface area (Å²) in [5.74, 6) is 1.11. The second-order valence-electron chi connectivity index (χ2n) is 4.07. The number of anilines is 1. The molecule has 0 saturated carbocycles. The number of urea groups is 1. The molecule has 0 bridgehead atoms. The lowest BCUT2D eigenvalue weighted by atomic mass is 10.2. The predicted octanol–water partition coefficient (Wildman–Crippen LogP) is 0.620. The molecule has 0 aliphatic carbocycles. The molecule has 0 radical (unpaired) electrons. The Morgan fingerprint density at radius 2 is 2.32 bits per heavy atom. The molecule has 0 fully saturated rings. The Kier molecular flexibility index (Phi) is 7.51. The summed E-state index contributed by atoms with van der Waals surface area (Å²) < 4.78 is 11.0. The Hall–Kier alpha value is -2.52. The van der Waals surface area contributed by atoms with Gasteiger partial charge in [-0.1, -0.05) is 6.92 Å². The number of nitrogens with two attached hydrogens (primary N) is 1. The molecule has 0 saturated heterocycles. The van der Waals surface area contributed by atoms with E-state index in [1.807, 2.05) is 6.92 Å². The summed E-state index contributed by atoms with van der Waals surface area (Å²) in [5.41, 5.74) is 14.0. The van der Waals surface area contributed by atoms with Crippen LogP contribution in [-0.2, 0) is 17.8 Å². The fraction of sp³-hybridized carbons (Fsp3) is 0.385. The topological polar surface area (TPSA) is 126 Å². The van der Waals surface area contributed by atoms with Crippen molar-refractivity contribution in [1.29, 1.82) is 0 Å². The number of carbonyl (C=O) groups excluding carboxylic acids is 1. The third-order valence-electron chi connectivity index (χ3n) is 2.67. The van der Waals surface area contributed by atoms with E-state index in [2.05, 4.69) is 26.7 Å². The van der Waals surface area contributed by atoms with E-state index >= 15 is 0 Å². The number of nitrogens with one attached hydrogen (secondary N) is 4. The molecule has 0 spiro atoms.